The standard InChI is InChI=1S/C13H17ClF3NO.ClH/c14-12-6-5-10(9-11(12)13(15,16)17)19-8-4-2-1-3-7-18;/h5-6,9H,1-4,7-8,18H2;1H. The van der Waals surface area contributed by atoms with Crippen molar-refractivity contribution in [2.45, 2.75) is 31.9 Å². The lowest BCUT2D eigenvalue weighted by molar-refractivity contribution is -0.137. The molecule has 0 amide bonds. The summed E-state index contributed by atoms with van der Waals surface area (Å²) < 4.78 is 43.1. The van der Waals surface area contributed by atoms with Crippen LogP contribution in [0.2, 0.25) is 5.02 Å². The molecule has 0 heterocycles. The van der Waals surface area contributed by atoms with Crippen LogP contribution >= 0.6 is 24.0 Å². The van der Waals surface area contributed by atoms with Crippen molar-refractivity contribution in [2.24, 2.45) is 5.73 Å². The molecule has 0 saturated heterocycles. The molecular weight excluding hydrogens is 314 g/mol. The van der Waals surface area contributed by atoms with Crippen molar-refractivity contribution in [3.63, 3.8) is 0 Å². The van der Waals surface area contributed by atoms with Crippen molar-refractivity contribution in [3.05, 3.63) is 28.8 Å². The summed E-state index contributed by atoms with van der Waals surface area (Å²) in [4.78, 5) is 0. The number of rotatable bonds is 7. The fourth-order valence-electron chi connectivity index (χ4n) is 1.60. The minimum absolute atomic E-state index is 0. The Hall–Kier alpha value is -0.650. The topological polar surface area (TPSA) is 35.2 Å². The Morgan fingerprint density at radius 3 is 2.35 bits per heavy atom. The van der Waals surface area contributed by atoms with E-state index >= 15 is 0 Å². The molecule has 7 heteroatoms. The largest absolute Gasteiger partial charge is 0.494 e. The molecule has 0 saturated carbocycles. The average molecular weight is 332 g/mol. The molecule has 0 aromatic heterocycles. The molecule has 0 radical (unpaired) electrons. The van der Waals surface area contributed by atoms with E-state index in [-0.39, 0.29) is 23.2 Å². The molecule has 0 bridgehead atoms. The molecular formula is C13H18Cl2F3NO. The maximum Gasteiger partial charge on any atom is 0.417 e. The highest BCUT2D eigenvalue weighted by atomic mass is 35.5. The van der Waals surface area contributed by atoms with Gasteiger partial charge in [-0.3, -0.25) is 0 Å². The normalized spacial score (nSPS) is 11.1. The number of unbranched alkanes of at least 4 members (excludes halogenated alkanes) is 3. The summed E-state index contributed by atoms with van der Waals surface area (Å²) in [6.07, 6.45) is -0.744. The van der Waals surface area contributed by atoms with Gasteiger partial charge in [-0.05, 0) is 37.6 Å². The summed E-state index contributed by atoms with van der Waals surface area (Å²) in [7, 11) is 0. The molecule has 0 aliphatic rings. The van der Waals surface area contributed by atoms with E-state index in [0.717, 1.165) is 31.7 Å². The Labute approximate surface area is 127 Å². The number of hydrogen-bond donors (Lipinski definition) is 1. The van der Waals surface area contributed by atoms with Crippen LogP contribution in [0.1, 0.15) is 31.2 Å². The summed E-state index contributed by atoms with van der Waals surface area (Å²) in [5, 5.41) is -0.317. The predicted octanol–water partition coefficient (Wildman–Crippen LogP) is 4.68. The highest BCUT2D eigenvalue weighted by Gasteiger charge is 2.33. The van der Waals surface area contributed by atoms with Crippen LogP contribution in [-0.4, -0.2) is 13.2 Å². The van der Waals surface area contributed by atoms with Gasteiger partial charge in [0.25, 0.3) is 0 Å². The molecule has 0 aliphatic carbocycles. The number of alkyl halides is 3. The first-order valence-electron chi connectivity index (χ1n) is 6.15. The summed E-state index contributed by atoms with van der Waals surface area (Å²) in [6.45, 7) is 1.05. The minimum Gasteiger partial charge on any atom is -0.494 e. The van der Waals surface area contributed by atoms with Crippen molar-refractivity contribution < 1.29 is 17.9 Å². The zero-order valence-electron chi connectivity index (χ0n) is 10.9. The Kier molecular flexibility index (Phi) is 9.01. The number of hydrogen-bond acceptors (Lipinski definition) is 2. The summed E-state index contributed by atoms with van der Waals surface area (Å²) in [6, 6.07) is 3.58. The van der Waals surface area contributed by atoms with E-state index in [9.17, 15) is 13.2 Å². The Bertz CT molecular complexity index is 400. The second-order valence-electron chi connectivity index (χ2n) is 4.19. The second-order valence-corrected chi connectivity index (χ2v) is 4.60. The van der Waals surface area contributed by atoms with Gasteiger partial charge in [-0.25, -0.2) is 0 Å². The first-order chi connectivity index (χ1) is 8.95. The highest BCUT2D eigenvalue weighted by molar-refractivity contribution is 6.31. The highest BCUT2D eigenvalue weighted by Crippen LogP contribution is 2.36. The number of benzene rings is 1. The average Bonchev–Trinajstić information content (AvgIpc) is 2.34. The zero-order valence-corrected chi connectivity index (χ0v) is 12.5. The van der Waals surface area contributed by atoms with E-state index in [2.05, 4.69) is 0 Å². The quantitative estimate of drug-likeness (QED) is 0.736. The van der Waals surface area contributed by atoms with Gasteiger partial charge in [-0.2, -0.15) is 13.2 Å². The van der Waals surface area contributed by atoms with E-state index in [1.54, 1.807) is 0 Å². The van der Waals surface area contributed by atoms with Gasteiger partial charge in [0.1, 0.15) is 5.75 Å². The lowest BCUT2D eigenvalue weighted by Crippen LogP contribution is -2.07. The maximum absolute atomic E-state index is 12.6. The monoisotopic (exact) mass is 331 g/mol. The molecule has 0 aliphatic heterocycles. The molecule has 0 unspecified atom stereocenters. The first-order valence-corrected chi connectivity index (χ1v) is 6.52. The number of ether oxygens (including phenoxy) is 1. The van der Waals surface area contributed by atoms with Crippen LogP contribution in [0.15, 0.2) is 18.2 Å². The number of nitrogens with two attached hydrogens (primary N) is 1. The SMILES string of the molecule is Cl.NCCCCCCOc1ccc(Cl)c(C(F)(F)F)c1. The Morgan fingerprint density at radius 1 is 1.10 bits per heavy atom. The molecule has 0 atom stereocenters. The van der Waals surface area contributed by atoms with Gasteiger partial charge in [0.2, 0.25) is 0 Å². The molecule has 116 valence electrons. The van der Waals surface area contributed by atoms with Crippen LogP contribution in [0.25, 0.3) is 0 Å². The smallest absolute Gasteiger partial charge is 0.417 e. The van der Waals surface area contributed by atoms with Crippen LogP contribution in [0.4, 0.5) is 13.2 Å². The van der Waals surface area contributed by atoms with Crippen LogP contribution < -0.4 is 10.5 Å². The van der Waals surface area contributed by atoms with Gasteiger partial charge in [0.05, 0.1) is 17.2 Å². The molecule has 2 nitrogen and oxygen atoms in total. The molecule has 2 N–H and O–H groups in total. The molecule has 0 fully saturated rings. The lowest BCUT2D eigenvalue weighted by Gasteiger charge is -2.12. The molecule has 1 rings (SSSR count). The van der Waals surface area contributed by atoms with Gasteiger partial charge >= 0.3 is 6.18 Å². The van der Waals surface area contributed by atoms with E-state index in [1.807, 2.05) is 0 Å². The molecule has 20 heavy (non-hydrogen) atoms. The van der Waals surface area contributed by atoms with Gasteiger partial charge in [0, 0.05) is 0 Å². The van der Waals surface area contributed by atoms with Crippen molar-refractivity contribution in [3.8, 4) is 5.75 Å². The van der Waals surface area contributed by atoms with E-state index in [0.29, 0.717) is 13.2 Å². The summed E-state index contributed by atoms with van der Waals surface area (Å²) in [5.74, 6) is 0.190. The van der Waals surface area contributed by atoms with Crippen LogP contribution in [-0.2, 0) is 6.18 Å². The second kappa shape index (κ2) is 9.32. The van der Waals surface area contributed by atoms with Gasteiger partial charge in [-0.1, -0.05) is 24.4 Å². The van der Waals surface area contributed by atoms with Gasteiger partial charge < -0.3 is 10.5 Å². The molecule has 1 aromatic carbocycles. The van der Waals surface area contributed by atoms with E-state index in [1.165, 1.54) is 12.1 Å². The molecule has 1 aromatic rings. The number of halogens is 5. The van der Waals surface area contributed by atoms with Crippen LogP contribution in [0.3, 0.4) is 0 Å². The maximum atomic E-state index is 12.6. The van der Waals surface area contributed by atoms with Crippen LogP contribution in [0.5, 0.6) is 5.75 Å². The third kappa shape index (κ3) is 6.68. The van der Waals surface area contributed by atoms with Crippen molar-refractivity contribution in [1.29, 1.82) is 0 Å². The fourth-order valence-corrected chi connectivity index (χ4v) is 1.83. The molecule has 0 spiro atoms. The lowest BCUT2D eigenvalue weighted by atomic mass is 10.2. The van der Waals surface area contributed by atoms with Gasteiger partial charge in [0.15, 0.2) is 0 Å². The Morgan fingerprint density at radius 2 is 1.75 bits per heavy atom. The van der Waals surface area contributed by atoms with Crippen molar-refractivity contribution in [1.82, 2.24) is 0 Å². The third-order valence-corrected chi connectivity index (χ3v) is 2.94. The zero-order chi connectivity index (χ0) is 14.3. The Balaban J connectivity index is 0.00000361. The van der Waals surface area contributed by atoms with E-state index < -0.39 is 11.7 Å². The third-order valence-electron chi connectivity index (χ3n) is 2.61. The summed E-state index contributed by atoms with van der Waals surface area (Å²) >= 11 is 5.51. The first kappa shape index (κ1) is 19.4. The fraction of sp³-hybridized carbons (Fsp3) is 0.538. The van der Waals surface area contributed by atoms with Crippen molar-refractivity contribution in [2.75, 3.05) is 13.2 Å². The summed E-state index contributed by atoms with van der Waals surface area (Å²) in [5.41, 5.74) is 4.49. The minimum atomic E-state index is -4.46. The van der Waals surface area contributed by atoms with E-state index in [4.69, 9.17) is 22.1 Å². The predicted molar refractivity (Wildman–Crippen MR) is 76.7 cm³/mol. The van der Waals surface area contributed by atoms with Crippen LogP contribution in [0, 0.1) is 0 Å². The van der Waals surface area contributed by atoms with Crippen molar-refractivity contribution >= 4 is 24.0 Å². The van der Waals surface area contributed by atoms with Gasteiger partial charge in [-0.15, -0.1) is 12.4 Å².